The van der Waals surface area contributed by atoms with Crippen LogP contribution in [-0.2, 0) is 9.53 Å². The molecule has 4 heteroatoms. The van der Waals surface area contributed by atoms with Crippen LogP contribution in [0.5, 0.6) is 0 Å². The van der Waals surface area contributed by atoms with E-state index in [1.54, 1.807) is 7.11 Å². The number of rotatable bonds is 5. The van der Waals surface area contributed by atoms with Crippen LogP contribution in [0.3, 0.4) is 0 Å². The number of nitrogens with one attached hydrogen (secondary N) is 2. The summed E-state index contributed by atoms with van der Waals surface area (Å²) in [5, 5.41) is 6.48. The molecule has 0 aromatic carbocycles. The standard InChI is InChI=1S/C14H26N2O2/c1-3-13(7-9-15-10-8-13)12(17)16-11-14(18-2)5-4-6-14/h15H,3-11H2,1-2H3,(H,16,17). The van der Waals surface area contributed by atoms with Crippen LogP contribution in [0.15, 0.2) is 0 Å². The van der Waals surface area contributed by atoms with Crippen molar-refractivity contribution in [1.82, 2.24) is 10.6 Å². The van der Waals surface area contributed by atoms with Crippen molar-refractivity contribution in [3.05, 3.63) is 0 Å². The van der Waals surface area contributed by atoms with E-state index >= 15 is 0 Å². The van der Waals surface area contributed by atoms with Gasteiger partial charge in [-0.2, -0.15) is 0 Å². The number of amides is 1. The van der Waals surface area contributed by atoms with Crippen LogP contribution in [0.2, 0.25) is 0 Å². The normalized spacial score (nSPS) is 25.2. The second kappa shape index (κ2) is 5.57. The highest BCUT2D eigenvalue weighted by Gasteiger charge is 2.41. The average Bonchev–Trinajstić information content (AvgIpc) is 2.38. The van der Waals surface area contributed by atoms with Crippen molar-refractivity contribution >= 4 is 5.91 Å². The summed E-state index contributed by atoms with van der Waals surface area (Å²) in [6, 6.07) is 0. The summed E-state index contributed by atoms with van der Waals surface area (Å²) in [5.41, 5.74) is -0.221. The average molecular weight is 254 g/mol. The molecule has 1 saturated heterocycles. The van der Waals surface area contributed by atoms with Gasteiger partial charge < -0.3 is 15.4 Å². The van der Waals surface area contributed by atoms with Crippen molar-refractivity contribution < 1.29 is 9.53 Å². The van der Waals surface area contributed by atoms with Crippen molar-refractivity contribution in [3.8, 4) is 0 Å². The third-order valence-corrected chi connectivity index (χ3v) is 4.99. The van der Waals surface area contributed by atoms with Crippen LogP contribution in [0.25, 0.3) is 0 Å². The van der Waals surface area contributed by atoms with E-state index in [0.29, 0.717) is 6.54 Å². The fourth-order valence-electron chi connectivity index (χ4n) is 3.10. The molecule has 0 spiro atoms. The van der Waals surface area contributed by atoms with Crippen LogP contribution in [0.4, 0.5) is 0 Å². The zero-order valence-corrected chi connectivity index (χ0v) is 11.7. The van der Waals surface area contributed by atoms with Crippen LogP contribution < -0.4 is 10.6 Å². The van der Waals surface area contributed by atoms with Gasteiger partial charge in [-0.3, -0.25) is 4.79 Å². The first-order valence-corrected chi connectivity index (χ1v) is 7.21. The van der Waals surface area contributed by atoms with Crippen molar-refractivity contribution in [2.24, 2.45) is 5.41 Å². The maximum atomic E-state index is 12.5. The molecule has 1 aliphatic heterocycles. The van der Waals surface area contributed by atoms with E-state index in [9.17, 15) is 4.79 Å². The number of hydrogen-bond acceptors (Lipinski definition) is 3. The van der Waals surface area contributed by atoms with Gasteiger partial charge in [0.05, 0.1) is 11.0 Å². The molecule has 2 rings (SSSR count). The number of ether oxygens (including phenoxy) is 1. The van der Waals surface area contributed by atoms with E-state index in [1.165, 1.54) is 6.42 Å². The molecule has 4 nitrogen and oxygen atoms in total. The molecule has 2 aliphatic rings. The molecule has 0 aromatic rings. The number of hydrogen-bond donors (Lipinski definition) is 2. The third-order valence-electron chi connectivity index (χ3n) is 4.99. The Labute approximate surface area is 110 Å². The molecule has 2 fully saturated rings. The Bertz CT molecular complexity index is 289. The zero-order valence-electron chi connectivity index (χ0n) is 11.7. The summed E-state index contributed by atoms with van der Waals surface area (Å²) in [4.78, 5) is 12.5. The number of piperidine rings is 1. The molecular weight excluding hydrogens is 228 g/mol. The maximum Gasteiger partial charge on any atom is 0.226 e. The Morgan fingerprint density at radius 2 is 1.94 bits per heavy atom. The van der Waals surface area contributed by atoms with Crippen molar-refractivity contribution in [1.29, 1.82) is 0 Å². The van der Waals surface area contributed by atoms with E-state index in [2.05, 4.69) is 17.6 Å². The number of carbonyl (C=O) groups is 1. The first-order chi connectivity index (χ1) is 8.66. The first kappa shape index (κ1) is 13.8. The second-order valence-electron chi connectivity index (χ2n) is 5.81. The van der Waals surface area contributed by atoms with Gasteiger partial charge >= 0.3 is 0 Å². The maximum absolute atomic E-state index is 12.5. The highest BCUT2D eigenvalue weighted by Crippen LogP contribution is 2.36. The van der Waals surface area contributed by atoms with Crippen molar-refractivity contribution in [2.75, 3.05) is 26.7 Å². The van der Waals surface area contributed by atoms with Crippen molar-refractivity contribution in [3.63, 3.8) is 0 Å². The smallest absolute Gasteiger partial charge is 0.226 e. The van der Waals surface area contributed by atoms with Crippen LogP contribution >= 0.6 is 0 Å². The van der Waals surface area contributed by atoms with Gasteiger partial charge in [0.1, 0.15) is 0 Å². The highest BCUT2D eigenvalue weighted by atomic mass is 16.5. The van der Waals surface area contributed by atoms with Crippen LogP contribution in [0, 0.1) is 5.41 Å². The Balaban J connectivity index is 1.89. The SMILES string of the molecule is CCC1(C(=O)NCC2(OC)CCC2)CCNCC1. The minimum atomic E-state index is -0.149. The monoisotopic (exact) mass is 254 g/mol. The van der Waals surface area contributed by atoms with Gasteiger partial charge in [-0.25, -0.2) is 0 Å². The lowest BCUT2D eigenvalue weighted by Gasteiger charge is -2.42. The van der Waals surface area contributed by atoms with Crippen LogP contribution in [-0.4, -0.2) is 38.3 Å². The Kier molecular flexibility index (Phi) is 4.28. The molecule has 1 heterocycles. The summed E-state index contributed by atoms with van der Waals surface area (Å²) in [6.07, 6.45) is 6.20. The van der Waals surface area contributed by atoms with Gasteiger partial charge in [-0.05, 0) is 51.6 Å². The van der Waals surface area contributed by atoms with Gasteiger partial charge in [0.15, 0.2) is 0 Å². The molecule has 1 amide bonds. The lowest BCUT2D eigenvalue weighted by Crippen LogP contribution is -2.54. The van der Waals surface area contributed by atoms with Gasteiger partial charge in [0.25, 0.3) is 0 Å². The molecule has 18 heavy (non-hydrogen) atoms. The molecule has 0 atom stereocenters. The molecule has 0 aromatic heterocycles. The quantitative estimate of drug-likeness (QED) is 0.781. The second-order valence-corrected chi connectivity index (χ2v) is 5.81. The van der Waals surface area contributed by atoms with Crippen molar-refractivity contribution in [2.45, 2.75) is 51.0 Å². The molecule has 1 aliphatic carbocycles. The largest absolute Gasteiger partial charge is 0.376 e. The van der Waals surface area contributed by atoms with E-state index in [0.717, 1.165) is 45.2 Å². The van der Waals surface area contributed by atoms with Gasteiger partial charge in [-0.15, -0.1) is 0 Å². The lowest BCUT2D eigenvalue weighted by atomic mass is 9.75. The number of carbonyl (C=O) groups excluding carboxylic acids is 1. The van der Waals surface area contributed by atoms with Gasteiger partial charge in [0, 0.05) is 13.7 Å². The minimum Gasteiger partial charge on any atom is -0.376 e. The molecule has 1 saturated carbocycles. The third kappa shape index (κ3) is 2.54. The van der Waals surface area contributed by atoms with Gasteiger partial charge in [0.2, 0.25) is 5.91 Å². The summed E-state index contributed by atoms with van der Waals surface area (Å²) < 4.78 is 5.55. The molecule has 0 unspecified atom stereocenters. The topological polar surface area (TPSA) is 50.4 Å². The summed E-state index contributed by atoms with van der Waals surface area (Å²) in [5.74, 6) is 0.231. The Morgan fingerprint density at radius 1 is 1.28 bits per heavy atom. The number of methoxy groups -OCH3 is 1. The van der Waals surface area contributed by atoms with E-state index < -0.39 is 0 Å². The fraction of sp³-hybridized carbons (Fsp3) is 0.929. The minimum absolute atomic E-state index is 0.0719. The predicted octanol–water partition coefficient (Wildman–Crippen LogP) is 1.45. The predicted molar refractivity (Wildman–Crippen MR) is 71.4 cm³/mol. The Morgan fingerprint density at radius 3 is 2.39 bits per heavy atom. The molecular formula is C14H26N2O2. The molecule has 0 radical (unpaired) electrons. The highest BCUT2D eigenvalue weighted by molar-refractivity contribution is 5.82. The van der Waals surface area contributed by atoms with Gasteiger partial charge in [-0.1, -0.05) is 6.92 Å². The summed E-state index contributed by atoms with van der Waals surface area (Å²) in [6.45, 7) is 4.71. The fourth-order valence-corrected chi connectivity index (χ4v) is 3.10. The van der Waals surface area contributed by atoms with Crippen LogP contribution in [0.1, 0.15) is 45.4 Å². The van der Waals surface area contributed by atoms with E-state index in [1.807, 2.05) is 0 Å². The lowest BCUT2D eigenvalue weighted by molar-refractivity contribution is -0.136. The Hall–Kier alpha value is -0.610. The molecule has 104 valence electrons. The molecule has 0 bridgehead atoms. The summed E-state index contributed by atoms with van der Waals surface area (Å²) in [7, 11) is 1.76. The molecule has 2 N–H and O–H groups in total. The zero-order chi connectivity index (χ0) is 13.1. The summed E-state index contributed by atoms with van der Waals surface area (Å²) >= 11 is 0. The van der Waals surface area contributed by atoms with E-state index in [-0.39, 0.29) is 16.9 Å². The first-order valence-electron chi connectivity index (χ1n) is 7.21. The van der Waals surface area contributed by atoms with E-state index in [4.69, 9.17) is 4.74 Å².